The highest BCUT2D eigenvalue weighted by Gasteiger charge is 2.14. The number of hydrogen-bond donors (Lipinski definition) is 1. The smallest absolute Gasteiger partial charge is 0.252 e. The summed E-state index contributed by atoms with van der Waals surface area (Å²) in [6, 6.07) is 13.3. The van der Waals surface area contributed by atoms with Crippen LogP contribution in [-0.2, 0) is 6.54 Å². The van der Waals surface area contributed by atoms with Gasteiger partial charge in [0, 0.05) is 29.9 Å². The number of pyridine rings is 2. The lowest BCUT2D eigenvalue weighted by molar-refractivity contribution is 0.0953. The highest BCUT2D eigenvalue weighted by atomic mass is 16.1. The van der Waals surface area contributed by atoms with Crippen LogP contribution in [0.15, 0.2) is 54.9 Å². The summed E-state index contributed by atoms with van der Waals surface area (Å²) >= 11 is 0. The van der Waals surface area contributed by atoms with E-state index in [1.54, 1.807) is 17.1 Å². The average Bonchev–Trinajstić information content (AvgIpc) is 3.04. The molecule has 0 unspecified atom stereocenters. The number of aryl methyl sites for hydroxylation is 2. The number of nitrogens with zero attached hydrogens (tertiary/aromatic N) is 5. The second-order valence-corrected chi connectivity index (χ2v) is 6.49. The lowest BCUT2D eigenvalue weighted by atomic mass is 10.0. The fourth-order valence-corrected chi connectivity index (χ4v) is 3.18. The highest BCUT2D eigenvalue weighted by Crippen LogP contribution is 2.24. The number of amides is 1. The van der Waals surface area contributed by atoms with Crippen LogP contribution in [0.5, 0.6) is 0 Å². The second-order valence-electron chi connectivity index (χ2n) is 6.49. The Hall–Kier alpha value is -3.61. The standard InChI is InChI=1S/C21H20N6O/c1-14-24-15(2)27(26-14)12-11-23-21(28)18-13-20(16-7-9-22-10-8-16)25-19-6-4-3-5-17(18)19/h3-10,13H,11-12H2,1-2H3,(H,23,28). The van der Waals surface area contributed by atoms with Crippen molar-refractivity contribution in [3.8, 4) is 11.3 Å². The molecule has 0 bridgehead atoms. The van der Waals surface area contributed by atoms with Gasteiger partial charge in [0.1, 0.15) is 11.6 Å². The molecule has 4 rings (SSSR count). The van der Waals surface area contributed by atoms with E-state index in [0.29, 0.717) is 18.7 Å². The van der Waals surface area contributed by atoms with Crippen molar-refractivity contribution in [3.05, 3.63) is 72.1 Å². The van der Waals surface area contributed by atoms with E-state index in [0.717, 1.165) is 33.8 Å². The number of nitrogens with one attached hydrogen (secondary N) is 1. The molecule has 1 N–H and O–H groups in total. The van der Waals surface area contributed by atoms with Gasteiger partial charge in [-0.25, -0.2) is 14.6 Å². The van der Waals surface area contributed by atoms with Crippen LogP contribution in [0.25, 0.3) is 22.2 Å². The van der Waals surface area contributed by atoms with Gasteiger partial charge in [-0.2, -0.15) is 5.10 Å². The lowest BCUT2D eigenvalue weighted by Crippen LogP contribution is -2.28. The number of hydrogen-bond acceptors (Lipinski definition) is 5. The molecular weight excluding hydrogens is 352 g/mol. The van der Waals surface area contributed by atoms with E-state index in [9.17, 15) is 4.79 Å². The summed E-state index contributed by atoms with van der Waals surface area (Å²) in [4.78, 5) is 26.0. The van der Waals surface area contributed by atoms with Gasteiger partial charge in [0.15, 0.2) is 0 Å². The molecule has 3 aromatic heterocycles. The quantitative estimate of drug-likeness (QED) is 0.582. The van der Waals surface area contributed by atoms with Gasteiger partial charge in [-0.05, 0) is 38.1 Å². The molecule has 4 aromatic rings. The summed E-state index contributed by atoms with van der Waals surface area (Å²) < 4.78 is 1.79. The number of benzene rings is 1. The van der Waals surface area contributed by atoms with Crippen molar-refractivity contribution >= 4 is 16.8 Å². The topological polar surface area (TPSA) is 85.6 Å². The van der Waals surface area contributed by atoms with Crippen molar-refractivity contribution in [3.63, 3.8) is 0 Å². The zero-order valence-electron chi connectivity index (χ0n) is 15.8. The molecule has 0 aliphatic rings. The first-order valence-electron chi connectivity index (χ1n) is 9.08. The van der Waals surface area contributed by atoms with Gasteiger partial charge in [0.25, 0.3) is 5.91 Å². The summed E-state index contributed by atoms with van der Waals surface area (Å²) in [5.41, 5.74) is 3.05. The van der Waals surface area contributed by atoms with Crippen LogP contribution in [0.3, 0.4) is 0 Å². The molecular formula is C21H20N6O. The Morgan fingerprint density at radius 3 is 2.61 bits per heavy atom. The van der Waals surface area contributed by atoms with Crippen molar-refractivity contribution in [2.24, 2.45) is 0 Å². The summed E-state index contributed by atoms with van der Waals surface area (Å²) in [7, 11) is 0. The minimum absolute atomic E-state index is 0.136. The SMILES string of the molecule is Cc1nc(C)n(CCNC(=O)c2cc(-c3ccncc3)nc3ccccc23)n1. The molecule has 1 aromatic carbocycles. The number of carbonyl (C=O) groups excluding carboxylic acids is 1. The van der Waals surface area contributed by atoms with Crippen LogP contribution in [0.4, 0.5) is 0 Å². The lowest BCUT2D eigenvalue weighted by Gasteiger charge is -2.11. The second kappa shape index (κ2) is 7.56. The predicted octanol–water partition coefficient (Wildman–Crippen LogP) is 2.94. The molecule has 0 saturated heterocycles. The van der Waals surface area contributed by atoms with Crippen LogP contribution in [-0.4, -0.2) is 37.2 Å². The van der Waals surface area contributed by atoms with Crippen molar-refractivity contribution in [2.75, 3.05) is 6.54 Å². The number of carbonyl (C=O) groups is 1. The number of fused-ring (bicyclic) bond motifs is 1. The minimum atomic E-state index is -0.136. The zero-order chi connectivity index (χ0) is 19.5. The molecule has 0 aliphatic heterocycles. The van der Waals surface area contributed by atoms with Gasteiger partial charge < -0.3 is 5.32 Å². The summed E-state index contributed by atoms with van der Waals surface area (Å²) in [6.07, 6.45) is 3.43. The third kappa shape index (κ3) is 3.59. The molecule has 7 heteroatoms. The van der Waals surface area contributed by atoms with Crippen molar-refractivity contribution in [2.45, 2.75) is 20.4 Å². The van der Waals surface area contributed by atoms with Gasteiger partial charge in [-0.1, -0.05) is 18.2 Å². The van der Waals surface area contributed by atoms with Gasteiger partial charge >= 0.3 is 0 Å². The molecule has 7 nitrogen and oxygen atoms in total. The number of rotatable bonds is 5. The van der Waals surface area contributed by atoms with Gasteiger partial charge in [-0.15, -0.1) is 0 Å². The monoisotopic (exact) mass is 372 g/mol. The Morgan fingerprint density at radius 2 is 1.86 bits per heavy atom. The first-order chi connectivity index (χ1) is 13.6. The van der Waals surface area contributed by atoms with Crippen LogP contribution in [0.2, 0.25) is 0 Å². The largest absolute Gasteiger partial charge is 0.350 e. The molecule has 0 aliphatic carbocycles. The summed E-state index contributed by atoms with van der Waals surface area (Å²) in [5.74, 6) is 1.43. The molecule has 0 saturated carbocycles. The zero-order valence-corrected chi connectivity index (χ0v) is 15.8. The van der Waals surface area contributed by atoms with Gasteiger partial charge in [-0.3, -0.25) is 9.78 Å². The fraction of sp³-hybridized carbons (Fsp3) is 0.190. The van der Waals surface area contributed by atoms with Crippen LogP contribution < -0.4 is 5.32 Å². The normalized spacial score (nSPS) is 10.9. The Labute approximate surface area is 162 Å². The summed E-state index contributed by atoms with van der Waals surface area (Å²) in [6.45, 7) is 4.79. The van der Waals surface area contributed by atoms with E-state index in [1.165, 1.54) is 0 Å². The van der Waals surface area contributed by atoms with E-state index < -0.39 is 0 Å². The summed E-state index contributed by atoms with van der Waals surface area (Å²) in [5, 5.41) is 8.13. The van der Waals surface area contributed by atoms with Crippen molar-refractivity contribution < 1.29 is 4.79 Å². The highest BCUT2D eigenvalue weighted by molar-refractivity contribution is 6.07. The van der Waals surface area contributed by atoms with E-state index in [2.05, 4.69) is 20.4 Å². The Balaban J connectivity index is 1.61. The van der Waals surface area contributed by atoms with E-state index in [4.69, 9.17) is 4.98 Å². The average molecular weight is 372 g/mol. The van der Waals surface area contributed by atoms with Crippen LogP contribution >= 0.6 is 0 Å². The molecule has 0 spiro atoms. The van der Waals surface area contributed by atoms with E-state index >= 15 is 0 Å². The van der Waals surface area contributed by atoms with Gasteiger partial charge in [0.2, 0.25) is 0 Å². The molecule has 140 valence electrons. The van der Waals surface area contributed by atoms with E-state index in [-0.39, 0.29) is 5.91 Å². The fourth-order valence-electron chi connectivity index (χ4n) is 3.18. The van der Waals surface area contributed by atoms with Gasteiger partial charge in [0.05, 0.1) is 23.3 Å². The van der Waals surface area contributed by atoms with Crippen molar-refractivity contribution in [1.29, 1.82) is 0 Å². The first kappa shape index (κ1) is 17.8. The maximum absolute atomic E-state index is 12.9. The predicted molar refractivity (Wildman–Crippen MR) is 107 cm³/mol. The van der Waals surface area contributed by atoms with E-state index in [1.807, 2.05) is 56.3 Å². The van der Waals surface area contributed by atoms with Crippen molar-refractivity contribution in [1.82, 2.24) is 30.0 Å². The van der Waals surface area contributed by atoms with Crippen LogP contribution in [0, 0.1) is 13.8 Å². The Kier molecular flexibility index (Phi) is 4.80. The number of para-hydroxylation sites is 1. The maximum atomic E-state index is 12.9. The Morgan fingerprint density at radius 1 is 1.07 bits per heavy atom. The molecule has 0 radical (unpaired) electrons. The molecule has 0 atom stereocenters. The van der Waals surface area contributed by atoms with Crippen LogP contribution in [0.1, 0.15) is 22.0 Å². The third-order valence-corrected chi connectivity index (χ3v) is 4.51. The maximum Gasteiger partial charge on any atom is 0.252 e. The third-order valence-electron chi connectivity index (χ3n) is 4.51. The molecule has 3 heterocycles. The molecule has 1 amide bonds. The molecule has 0 fully saturated rings. The number of aromatic nitrogens is 5. The minimum Gasteiger partial charge on any atom is -0.350 e. The molecule has 28 heavy (non-hydrogen) atoms. The first-order valence-corrected chi connectivity index (χ1v) is 9.08. The Bertz CT molecular complexity index is 1140.